The Morgan fingerprint density at radius 1 is 1.19 bits per heavy atom. The summed E-state index contributed by atoms with van der Waals surface area (Å²) in [5, 5.41) is 2.90. The standard InChI is InChI=1S/C19H23ClN2O4S/c1-3-11-21-19(23)14-22(13-15-7-5-4-6-8-15)27(24,25)16-9-10-18(26-2)17(20)12-16/h4-10,12H,3,11,13-14H2,1-2H3,(H,21,23). The summed E-state index contributed by atoms with van der Waals surface area (Å²) in [5.74, 6) is 0.0295. The SMILES string of the molecule is CCCNC(=O)CN(Cc1ccccc1)S(=O)(=O)c1ccc(OC)c(Cl)c1. The molecule has 0 saturated heterocycles. The topological polar surface area (TPSA) is 75.7 Å². The van der Waals surface area contributed by atoms with Gasteiger partial charge in [-0.2, -0.15) is 4.31 Å². The molecular formula is C19H23ClN2O4S. The molecule has 6 nitrogen and oxygen atoms in total. The van der Waals surface area contributed by atoms with Crippen LogP contribution in [0, 0.1) is 0 Å². The van der Waals surface area contributed by atoms with Gasteiger partial charge in [0.05, 0.1) is 23.6 Å². The number of carbonyl (C=O) groups excluding carboxylic acids is 1. The van der Waals surface area contributed by atoms with E-state index in [9.17, 15) is 13.2 Å². The summed E-state index contributed by atoms with van der Waals surface area (Å²) in [6.07, 6.45) is 0.769. The zero-order valence-corrected chi connectivity index (χ0v) is 16.9. The van der Waals surface area contributed by atoms with Crippen molar-refractivity contribution in [3.8, 4) is 5.75 Å². The van der Waals surface area contributed by atoms with Gasteiger partial charge in [-0.25, -0.2) is 8.42 Å². The maximum absolute atomic E-state index is 13.1. The number of halogens is 1. The van der Waals surface area contributed by atoms with Crippen LogP contribution >= 0.6 is 11.6 Å². The first-order valence-electron chi connectivity index (χ1n) is 8.52. The van der Waals surface area contributed by atoms with Gasteiger partial charge in [-0.05, 0) is 30.2 Å². The van der Waals surface area contributed by atoms with Gasteiger partial charge in [0, 0.05) is 13.1 Å². The molecule has 0 fully saturated rings. The summed E-state index contributed by atoms with van der Waals surface area (Å²) in [6.45, 7) is 2.22. The van der Waals surface area contributed by atoms with Crippen molar-refractivity contribution in [3.63, 3.8) is 0 Å². The third-order valence-electron chi connectivity index (χ3n) is 3.85. The Bertz CT molecular complexity index is 873. The van der Waals surface area contributed by atoms with Crippen LogP contribution in [0.3, 0.4) is 0 Å². The van der Waals surface area contributed by atoms with Gasteiger partial charge in [0.25, 0.3) is 0 Å². The minimum Gasteiger partial charge on any atom is -0.495 e. The Morgan fingerprint density at radius 2 is 1.89 bits per heavy atom. The summed E-state index contributed by atoms with van der Waals surface area (Å²) in [7, 11) is -2.48. The van der Waals surface area contributed by atoms with E-state index in [1.165, 1.54) is 25.3 Å². The molecule has 2 aromatic rings. The van der Waals surface area contributed by atoms with Crippen LogP contribution in [0.2, 0.25) is 5.02 Å². The molecule has 0 spiro atoms. The van der Waals surface area contributed by atoms with Crippen LogP contribution in [0.15, 0.2) is 53.4 Å². The van der Waals surface area contributed by atoms with E-state index in [1.807, 2.05) is 37.3 Å². The number of amides is 1. The summed E-state index contributed by atoms with van der Waals surface area (Å²) in [5.41, 5.74) is 0.781. The Morgan fingerprint density at radius 3 is 2.48 bits per heavy atom. The van der Waals surface area contributed by atoms with Crippen molar-refractivity contribution in [1.82, 2.24) is 9.62 Å². The van der Waals surface area contributed by atoms with Crippen LogP contribution in [-0.2, 0) is 21.4 Å². The number of methoxy groups -OCH3 is 1. The highest BCUT2D eigenvalue weighted by molar-refractivity contribution is 7.89. The molecule has 0 atom stereocenters. The number of nitrogens with zero attached hydrogens (tertiary/aromatic N) is 1. The molecule has 1 amide bonds. The maximum Gasteiger partial charge on any atom is 0.243 e. The van der Waals surface area contributed by atoms with Crippen LogP contribution < -0.4 is 10.1 Å². The quantitative estimate of drug-likeness (QED) is 0.689. The van der Waals surface area contributed by atoms with E-state index in [1.54, 1.807) is 0 Å². The van der Waals surface area contributed by atoms with E-state index in [0.717, 1.165) is 16.3 Å². The number of carbonyl (C=O) groups is 1. The van der Waals surface area contributed by atoms with Crippen LogP contribution in [0.1, 0.15) is 18.9 Å². The zero-order valence-electron chi connectivity index (χ0n) is 15.3. The molecule has 0 heterocycles. The van der Waals surface area contributed by atoms with Gasteiger partial charge >= 0.3 is 0 Å². The van der Waals surface area contributed by atoms with Crippen molar-refractivity contribution in [2.45, 2.75) is 24.8 Å². The average Bonchev–Trinajstić information content (AvgIpc) is 2.66. The molecule has 0 aliphatic rings. The Kier molecular flexibility index (Phi) is 7.65. The largest absolute Gasteiger partial charge is 0.495 e. The van der Waals surface area contributed by atoms with Gasteiger partial charge in [-0.15, -0.1) is 0 Å². The lowest BCUT2D eigenvalue weighted by Crippen LogP contribution is -2.40. The lowest BCUT2D eigenvalue weighted by atomic mass is 10.2. The van der Waals surface area contributed by atoms with Crippen LogP contribution in [0.25, 0.3) is 0 Å². The molecule has 0 aliphatic heterocycles. The Labute approximate surface area is 165 Å². The molecule has 0 aliphatic carbocycles. The number of hydrogen-bond donors (Lipinski definition) is 1. The van der Waals surface area contributed by atoms with Gasteiger partial charge in [-0.1, -0.05) is 48.9 Å². The van der Waals surface area contributed by atoms with Crippen molar-refractivity contribution >= 4 is 27.5 Å². The summed E-state index contributed by atoms with van der Waals surface area (Å²) in [4.78, 5) is 12.2. The molecule has 8 heteroatoms. The van der Waals surface area contributed by atoms with E-state index in [4.69, 9.17) is 16.3 Å². The fourth-order valence-corrected chi connectivity index (χ4v) is 4.18. The van der Waals surface area contributed by atoms with Gasteiger partial charge < -0.3 is 10.1 Å². The molecule has 1 N–H and O–H groups in total. The van der Waals surface area contributed by atoms with E-state index < -0.39 is 10.0 Å². The second-order valence-electron chi connectivity index (χ2n) is 5.91. The molecule has 0 unspecified atom stereocenters. The fourth-order valence-electron chi connectivity index (χ4n) is 2.45. The lowest BCUT2D eigenvalue weighted by molar-refractivity contribution is -0.121. The lowest BCUT2D eigenvalue weighted by Gasteiger charge is -2.22. The Balaban J connectivity index is 2.34. The highest BCUT2D eigenvalue weighted by atomic mass is 35.5. The number of benzene rings is 2. The predicted molar refractivity (Wildman–Crippen MR) is 105 cm³/mol. The van der Waals surface area contributed by atoms with Gasteiger partial charge in [0.15, 0.2) is 0 Å². The first-order chi connectivity index (χ1) is 12.9. The molecular weight excluding hydrogens is 388 g/mol. The second-order valence-corrected chi connectivity index (χ2v) is 8.25. The third-order valence-corrected chi connectivity index (χ3v) is 5.94. The molecule has 2 rings (SSSR count). The summed E-state index contributed by atoms with van der Waals surface area (Å²) >= 11 is 6.09. The van der Waals surface area contributed by atoms with E-state index in [2.05, 4.69) is 5.32 Å². The van der Waals surface area contributed by atoms with Crippen LogP contribution in [0.4, 0.5) is 0 Å². The highest BCUT2D eigenvalue weighted by Crippen LogP contribution is 2.28. The highest BCUT2D eigenvalue weighted by Gasteiger charge is 2.27. The molecule has 146 valence electrons. The van der Waals surface area contributed by atoms with Crippen molar-refractivity contribution < 1.29 is 17.9 Å². The number of rotatable bonds is 9. The fraction of sp³-hybridized carbons (Fsp3) is 0.316. The van der Waals surface area contributed by atoms with E-state index in [0.29, 0.717) is 12.3 Å². The van der Waals surface area contributed by atoms with Crippen molar-refractivity contribution in [1.29, 1.82) is 0 Å². The van der Waals surface area contributed by atoms with Gasteiger partial charge in [0.1, 0.15) is 5.75 Å². The number of ether oxygens (including phenoxy) is 1. The van der Waals surface area contributed by atoms with Crippen molar-refractivity contribution in [2.24, 2.45) is 0 Å². The van der Waals surface area contributed by atoms with Crippen molar-refractivity contribution in [2.75, 3.05) is 20.2 Å². The average molecular weight is 411 g/mol. The molecule has 2 aromatic carbocycles. The second kappa shape index (κ2) is 9.73. The van der Waals surface area contributed by atoms with Crippen molar-refractivity contribution in [3.05, 3.63) is 59.1 Å². The molecule has 0 bridgehead atoms. The minimum absolute atomic E-state index is 0.00697. The zero-order chi connectivity index (χ0) is 19.9. The number of nitrogens with one attached hydrogen (secondary N) is 1. The van der Waals surface area contributed by atoms with Crippen LogP contribution in [0.5, 0.6) is 5.75 Å². The first-order valence-corrected chi connectivity index (χ1v) is 10.3. The molecule has 0 aromatic heterocycles. The smallest absolute Gasteiger partial charge is 0.243 e. The van der Waals surface area contributed by atoms with Gasteiger partial charge in [0.2, 0.25) is 15.9 Å². The number of hydrogen-bond acceptors (Lipinski definition) is 4. The Hall–Kier alpha value is -2.09. The molecule has 27 heavy (non-hydrogen) atoms. The monoisotopic (exact) mass is 410 g/mol. The first kappa shape index (κ1) is 21.2. The normalized spacial score (nSPS) is 11.4. The summed E-state index contributed by atoms with van der Waals surface area (Å²) in [6, 6.07) is 13.4. The third kappa shape index (κ3) is 5.69. The molecule has 0 radical (unpaired) electrons. The maximum atomic E-state index is 13.1. The van der Waals surface area contributed by atoms with Gasteiger partial charge in [-0.3, -0.25) is 4.79 Å². The van der Waals surface area contributed by atoms with E-state index >= 15 is 0 Å². The summed E-state index contributed by atoms with van der Waals surface area (Å²) < 4.78 is 32.5. The van der Waals surface area contributed by atoms with E-state index in [-0.39, 0.29) is 28.9 Å². The number of sulfonamides is 1. The van der Waals surface area contributed by atoms with Crippen LogP contribution in [-0.4, -0.2) is 38.8 Å². The predicted octanol–water partition coefficient (Wildman–Crippen LogP) is 3.07. The molecule has 0 saturated carbocycles. The minimum atomic E-state index is -3.93.